The lowest BCUT2D eigenvalue weighted by Gasteiger charge is -2.10. The predicted octanol–water partition coefficient (Wildman–Crippen LogP) is 2.98. The van der Waals surface area contributed by atoms with Gasteiger partial charge in [0.15, 0.2) is 0 Å². The van der Waals surface area contributed by atoms with Crippen LogP contribution in [0.5, 0.6) is 11.5 Å². The summed E-state index contributed by atoms with van der Waals surface area (Å²) < 4.78 is 10.7. The molecule has 0 spiro atoms. The zero-order valence-corrected chi connectivity index (χ0v) is 15.2. The maximum atomic E-state index is 12.0. The van der Waals surface area contributed by atoms with Crippen molar-refractivity contribution in [3.8, 4) is 11.5 Å². The SMILES string of the molecule is COc1ccc(CNC(=O)C(=O)Nc2ccc(OCC(C)C)cc2)cc1. The van der Waals surface area contributed by atoms with Gasteiger partial charge in [0.05, 0.1) is 13.7 Å². The summed E-state index contributed by atoms with van der Waals surface area (Å²) in [7, 11) is 1.59. The van der Waals surface area contributed by atoms with Gasteiger partial charge in [0.1, 0.15) is 11.5 Å². The average molecular weight is 356 g/mol. The Morgan fingerprint density at radius 2 is 1.54 bits per heavy atom. The highest BCUT2D eigenvalue weighted by atomic mass is 16.5. The Bertz CT molecular complexity index is 724. The summed E-state index contributed by atoms with van der Waals surface area (Å²) in [6.45, 7) is 5.02. The first-order chi connectivity index (χ1) is 12.5. The molecule has 0 saturated carbocycles. The van der Waals surface area contributed by atoms with E-state index >= 15 is 0 Å². The molecule has 6 nitrogen and oxygen atoms in total. The Morgan fingerprint density at radius 1 is 0.923 bits per heavy atom. The van der Waals surface area contributed by atoms with E-state index in [1.165, 1.54) is 0 Å². The van der Waals surface area contributed by atoms with E-state index in [9.17, 15) is 9.59 Å². The van der Waals surface area contributed by atoms with Crippen LogP contribution in [0, 0.1) is 5.92 Å². The molecule has 138 valence electrons. The summed E-state index contributed by atoms with van der Waals surface area (Å²) >= 11 is 0. The maximum Gasteiger partial charge on any atom is 0.313 e. The van der Waals surface area contributed by atoms with Gasteiger partial charge in [-0.15, -0.1) is 0 Å². The van der Waals surface area contributed by atoms with Crippen LogP contribution in [0.1, 0.15) is 19.4 Å². The van der Waals surface area contributed by atoms with Gasteiger partial charge in [-0.2, -0.15) is 0 Å². The molecule has 0 aromatic heterocycles. The highest BCUT2D eigenvalue weighted by Crippen LogP contribution is 2.16. The molecule has 0 bridgehead atoms. The number of hydrogen-bond acceptors (Lipinski definition) is 4. The monoisotopic (exact) mass is 356 g/mol. The molecule has 0 radical (unpaired) electrons. The van der Waals surface area contributed by atoms with Gasteiger partial charge >= 0.3 is 11.8 Å². The zero-order chi connectivity index (χ0) is 18.9. The van der Waals surface area contributed by atoms with Crippen LogP contribution < -0.4 is 20.1 Å². The minimum absolute atomic E-state index is 0.262. The van der Waals surface area contributed by atoms with Crippen molar-refractivity contribution in [1.29, 1.82) is 0 Å². The van der Waals surface area contributed by atoms with Crippen LogP contribution in [0.4, 0.5) is 5.69 Å². The number of carbonyl (C=O) groups is 2. The Kier molecular flexibility index (Phi) is 7.02. The van der Waals surface area contributed by atoms with Crippen molar-refractivity contribution in [2.24, 2.45) is 5.92 Å². The fourth-order valence-electron chi connectivity index (χ4n) is 2.09. The summed E-state index contributed by atoms with van der Waals surface area (Å²) in [5.41, 5.74) is 1.41. The van der Waals surface area contributed by atoms with Crippen LogP contribution in [-0.2, 0) is 16.1 Å². The molecule has 26 heavy (non-hydrogen) atoms. The lowest BCUT2D eigenvalue weighted by atomic mass is 10.2. The summed E-state index contributed by atoms with van der Waals surface area (Å²) in [5.74, 6) is 0.485. The average Bonchev–Trinajstić information content (AvgIpc) is 2.65. The minimum atomic E-state index is -0.714. The number of nitrogens with one attached hydrogen (secondary N) is 2. The van der Waals surface area contributed by atoms with Gasteiger partial charge in [-0.25, -0.2) is 0 Å². The largest absolute Gasteiger partial charge is 0.497 e. The quantitative estimate of drug-likeness (QED) is 0.748. The fourth-order valence-corrected chi connectivity index (χ4v) is 2.09. The van der Waals surface area contributed by atoms with Gasteiger partial charge in [-0.05, 0) is 47.9 Å². The molecule has 0 atom stereocenters. The molecule has 0 fully saturated rings. The Hall–Kier alpha value is -3.02. The number of ether oxygens (including phenoxy) is 2. The number of benzene rings is 2. The Labute approximate surface area is 153 Å². The molecule has 2 rings (SSSR count). The highest BCUT2D eigenvalue weighted by molar-refractivity contribution is 6.39. The first-order valence-electron chi connectivity index (χ1n) is 8.43. The summed E-state index contributed by atoms with van der Waals surface area (Å²) in [6.07, 6.45) is 0. The Morgan fingerprint density at radius 3 is 2.12 bits per heavy atom. The van der Waals surface area contributed by atoms with Crippen LogP contribution in [0.15, 0.2) is 48.5 Å². The molecule has 2 aromatic carbocycles. The molecule has 0 aliphatic rings. The van der Waals surface area contributed by atoms with Crippen molar-refractivity contribution in [1.82, 2.24) is 5.32 Å². The molecular formula is C20H24N2O4. The van der Waals surface area contributed by atoms with Gasteiger partial charge in [0, 0.05) is 12.2 Å². The van der Waals surface area contributed by atoms with E-state index in [2.05, 4.69) is 24.5 Å². The second-order valence-electron chi connectivity index (χ2n) is 6.21. The van der Waals surface area contributed by atoms with E-state index in [1.54, 1.807) is 43.5 Å². The number of amides is 2. The molecule has 2 N–H and O–H groups in total. The third-order valence-electron chi connectivity index (χ3n) is 3.51. The topological polar surface area (TPSA) is 76.7 Å². The van der Waals surface area contributed by atoms with Crippen LogP contribution >= 0.6 is 0 Å². The van der Waals surface area contributed by atoms with Crippen molar-refractivity contribution >= 4 is 17.5 Å². The van der Waals surface area contributed by atoms with E-state index in [-0.39, 0.29) is 6.54 Å². The van der Waals surface area contributed by atoms with Gasteiger partial charge in [-0.1, -0.05) is 26.0 Å². The fraction of sp³-hybridized carbons (Fsp3) is 0.300. The molecule has 0 unspecified atom stereocenters. The van der Waals surface area contributed by atoms with Crippen molar-refractivity contribution < 1.29 is 19.1 Å². The van der Waals surface area contributed by atoms with Gasteiger partial charge in [0.25, 0.3) is 0 Å². The molecule has 0 heterocycles. The first-order valence-corrected chi connectivity index (χ1v) is 8.43. The number of rotatable bonds is 7. The highest BCUT2D eigenvalue weighted by Gasteiger charge is 2.13. The van der Waals surface area contributed by atoms with Gasteiger partial charge in [0.2, 0.25) is 0 Å². The van der Waals surface area contributed by atoms with Crippen molar-refractivity contribution in [3.05, 3.63) is 54.1 Å². The van der Waals surface area contributed by atoms with E-state index in [0.717, 1.165) is 17.1 Å². The number of hydrogen-bond donors (Lipinski definition) is 2. The smallest absolute Gasteiger partial charge is 0.313 e. The van der Waals surface area contributed by atoms with Crippen molar-refractivity contribution in [2.75, 3.05) is 19.0 Å². The Balaban J connectivity index is 1.81. The first kappa shape index (κ1) is 19.3. The molecule has 0 aliphatic heterocycles. The maximum absolute atomic E-state index is 12.0. The normalized spacial score (nSPS) is 10.3. The van der Waals surface area contributed by atoms with E-state index in [4.69, 9.17) is 9.47 Å². The third-order valence-corrected chi connectivity index (χ3v) is 3.51. The van der Waals surface area contributed by atoms with Crippen LogP contribution in [0.3, 0.4) is 0 Å². The summed E-state index contributed by atoms with van der Waals surface area (Å²) in [6, 6.07) is 14.2. The molecule has 2 amide bonds. The summed E-state index contributed by atoms with van der Waals surface area (Å²) in [5, 5.41) is 5.15. The standard InChI is InChI=1S/C20H24N2O4/c1-14(2)13-26-18-10-6-16(7-11-18)22-20(24)19(23)21-12-15-4-8-17(25-3)9-5-15/h4-11,14H,12-13H2,1-3H3,(H,21,23)(H,22,24). The van der Waals surface area contributed by atoms with Crippen LogP contribution in [0.2, 0.25) is 0 Å². The van der Waals surface area contributed by atoms with E-state index < -0.39 is 11.8 Å². The van der Waals surface area contributed by atoms with Gasteiger partial charge in [-0.3, -0.25) is 9.59 Å². The molecule has 2 aromatic rings. The van der Waals surface area contributed by atoms with Crippen LogP contribution in [0.25, 0.3) is 0 Å². The number of anilines is 1. The second kappa shape index (κ2) is 9.46. The minimum Gasteiger partial charge on any atom is -0.497 e. The number of carbonyl (C=O) groups excluding carboxylic acids is 2. The lowest BCUT2D eigenvalue weighted by Crippen LogP contribution is -2.34. The molecule has 0 saturated heterocycles. The van der Waals surface area contributed by atoms with E-state index in [1.807, 2.05) is 12.1 Å². The van der Waals surface area contributed by atoms with Crippen molar-refractivity contribution in [3.63, 3.8) is 0 Å². The second-order valence-corrected chi connectivity index (χ2v) is 6.21. The summed E-state index contributed by atoms with van der Waals surface area (Å²) in [4.78, 5) is 23.9. The van der Waals surface area contributed by atoms with Crippen molar-refractivity contribution in [2.45, 2.75) is 20.4 Å². The number of methoxy groups -OCH3 is 1. The molecule has 0 aliphatic carbocycles. The predicted molar refractivity (Wildman–Crippen MR) is 100 cm³/mol. The van der Waals surface area contributed by atoms with E-state index in [0.29, 0.717) is 18.2 Å². The van der Waals surface area contributed by atoms with Crippen LogP contribution in [-0.4, -0.2) is 25.5 Å². The lowest BCUT2D eigenvalue weighted by molar-refractivity contribution is -0.136. The molecule has 6 heteroatoms. The zero-order valence-electron chi connectivity index (χ0n) is 15.2. The third kappa shape index (κ3) is 6.12. The molecular weight excluding hydrogens is 332 g/mol. The van der Waals surface area contributed by atoms with Gasteiger partial charge < -0.3 is 20.1 Å².